The molecule has 9 heteroatoms. The summed E-state index contributed by atoms with van der Waals surface area (Å²) in [5, 5.41) is 12.3. The predicted molar refractivity (Wildman–Crippen MR) is 106 cm³/mol. The summed E-state index contributed by atoms with van der Waals surface area (Å²) in [6, 6.07) is 7.78. The average molecular weight is 402 g/mol. The third kappa shape index (κ3) is 3.17. The quantitative estimate of drug-likeness (QED) is 0.480. The summed E-state index contributed by atoms with van der Waals surface area (Å²) in [4.78, 5) is 17.1. The maximum absolute atomic E-state index is 12.7. The van der Waals surface area contributed by atoms with Gasteiger partial charge in [-0.3, -0.25) is 9.36 Å². The summed E-state index contributed by atoms with van der Waals surface area (Å²) in [5.41, 5.74) is 2.89. The Balaban J connectivity index is 1.31. The molecule has 0 N–H and O–H groups in total. The summed E-state index contributed by atoms with van der Waals surface area (Å²) in [6.07, 6.45) is 9.14. The van der Waals surface area contributed by atoms with E-state index in [1.54, 1.807) is 6.20 Å². The maximum Gasteiger partial charge on any atom is 0.280 e. The van der Waals surface area contributed by atoms with Gasteiger partial charge in [0.05, 0.1) is 18.9 Å². The Hall–Kier alpha value is -3.77. The summed E-state index contributed by atoms with van der Waals surface area (Å²) >= 11 is 0. The van der Waals surface area contributed by atoms with Crippen molar-refractivity contribution in [2.75, 3.05) is 6.61 Å². The molecule has 0 unspecified atom stereocenters. The van der Waals surface area contributed by atoms with Crippen LogP contribution < -0.4 is 5.56 Å². The van der Waals surface area contributed by atoms with E-state index in [0.29, 0.717) is 23.8 Å². The van der Waals surface area contributed by atoms with Crippen LogP contribution in [0.2, 0.25) is 0 Å². The summed E-state index contributed by atoms with van der Waals surface area (Å²) in [7, 11) is 0. The van der Waals surface area contributed by atoms with Gasteiger partial charge >= 0.3 is 0 Å². The van der Waals surface area contributed by atoms with Gasteiger partial charge in [-0.2, -0.15) is 10.1 Å². The molecule has 1 aliphatic heterocycles. The van der Waals surface area contributed by atoms with Crippen LogP contribution in [0.1, 0.15) is 46.8 Å². The molecule has 30 heavy (non-hydrogen) atoms. The van der Waals surface area contributed by atoms with Crippen molar-refractivity contribution in [3.05, 3.63) is 75.5 Å². The molecule has 0 radical (unpaired) electrons. The van der Waals surface area contributed by atoms with Crippen LogP contribution in [0.3, 0.4) is 0 Å². The SMILES string of the molecule is C#Cc1ccc([C@H]2C[C@H](c3noc(Cn4cnn5ncc(C)c5c4=O)n3)CO2)cc1. The number of hydrogen-bond donors (Lipinski definition) is 0. The van der Waals surface area contributed by atoms with Gasteiger partial charge in [-0.1, -0.05) is 23.2 Å². The van der Waals surface area contributed by atoms with Crippen molar-refractivity contribution >= 4 is 5.52 Å². The molecule has 2 atom stereocenters. The summed E-state index contributed by atoms with van der Waals surface area (Å²) in [6.45, 7) is 2.46. The van der Waals surface area contributed by atoms with Crippen LogP contribution in [0.5, 0.6) is 0 Å². The molecule has 150 valence electrons. The first kappa shape index (κ1) is 18.3. The van der Waals surface area contributed by atoms with Crippen molar-refractivity contribution in [2.24, 2.45) is 0 Å². The van der Waals surface area contributed by atoms with Gasteiger partial charge in [0.15, 0.2) is 11.3 Å². The number of terminal acetylenes is 1. The number of nitrogens with zero attached hydrogens (tertiary/aromatic N) is 6. The van der Waals surface area contributed by atoms with E-state index < -0.39 is 0 Å². The average Bonchev–Trinajstić information content (AvgIpc) is 3.50. The highest BCUT2D eigenvalue weighted by Crippen LogP contribution is 2.37. The van der Waals surface area contributed by atoms with Crippen molar-refractivity contribution < 1.29 is 9.26 Å². The second kappa shape index (κ2) is 7.24. The van der Waals surface area contributed by atoms with Crippen LogP contribution in [-0.4, -0.2) is 36.1 Å². The lowest BCUT2D eigenvalue weighted by atomic mass is 9.99. The second-order valence-corrected chi connectivity index (χ2v) is 7.30. The number of ether oxygens (including phenoxy) is 1. The van der Waals surface area contributed by atoms with Gasteiger partial charge in [0, 0.05) is 17.0 Å². The summed E-state index contributed by atoms with van der Waals surface area (Å²) in [5.74, 6) is 3.56. The van der Waals surface area contributed by atoms with Crippen molar-refractivity contribution in [3.63, 3.8) is 0 Å². The Morgan fingerprint density at radius 2 is 2.10 bits per heavy atom. The third-order valence-electron chi connectivity index (χ3n) is 5.30. The molecular formula is C21H18N6O3. The highest BCUT2D eigenvalue weighted by atomic mass is 16.5. The number of aromatic nitrogens is 6. The fourth-order valence-electron chi connectivity index (χ4n) is 3.65. The van der Waals surface area contributed by atoms with E-state index in [2.05, 4.69) is 26.3 Å². The zero-order valence-electron chi connectivity index (χ0n) is 16.2. The molecular weight excluding hydrogens is 384 g/mol. The van der Waals surface area contributed by atoms with Crippen LogP contribution in [-0.2, 0) is 11.3 Å². The van der Waals surface area contributed by atoms with Gasteiger partial charge in [0.2, 0.25) is 5.89 Å². The standard InChI is InChI=1S/C21H18N6O3/c1-3-14-4-6-15(7-5-14)17-8-16(11-29-17)20-24-18(30-25-20)10-26-12-23-27-19(21(26)28)13(2)9-22-27/h1,4-7,9,12,16-17H,8,10-11H2,2H3/t16-,17+/m0/s1. The van der Waals surface area contributed by atoms with Crippen molar-refractivity contribution in [1.82, 2.24) is 29.5 Å². The third-order valence-corrected chi connectivity index (χ3v) is 5.30. The predicted octanol–water partition coefficient (Wildman–Crippen LogP) is 1.86. The van der Waals surface area contributed by atoms with Gasteiger partial charge in [0.25, 0.3) is 5.56 Å². The number of hydrogen-bond acceptors (Lipinski definition) is 7. The van der Waals surface area contributed by atoms with Gasteiger partial charge in [-0.25, -0.2) is 0 Å². The van der Waals surface area contributed by atoms with Crippen molar-refractivity contribution in [3.8, 4) is 12.3 Å². The minimum atomic E-state index is -0.209. The number of rotatable bonds is 4. The molecule has 1 aliphatic rings. The molecule has 3 aromatic heterocycles. The fourth-order valence-corrected chi connectivity index (χ4v) is 3.65. The highest BCUT2D eigenvalue weighted by Gasteiger charge is 2.31. The molecule has 4 aromatic rings. The Kier molecular flexibility index (Phi) is 4.41. The minimum Gasteiger partial charge on any atom is -0.373 e. The number of benzene rings is 1. The van der Waals surface area contributed by atoms with Crippen LogP contribution in [0.15, 0.2) is 46.1 Å². The van der Waals surface area contributed by atoms with Gasteiger partial charge in [0.1, 0.15) is 12.9 Å². The van der Waals surface area contributed by atoms with Gasteiger partial charge in [-0.05, 0) is 31.0 Å². The molecule has 0 bridgehead atoms. The topological polar surface area (TPSA) is 100 Å². The smallest absolute Gasteiger partial charge is 0.280 e. The molecule has 4 heterocycles. The monoisotopic (exact) mass is 402 g/mol. The molecule has 1 aromatic carbocycles. The molecule has 0 amide bonds. The van der Waals surface area contributed by atoms with E-state index in [1.165, 1.54) is 15.5 Å². The Morgan fingerprint density at radius 1 is 1.27 bits per heavy atom. The molecule has 1 saturated heterocycles. The second-order valence-electron chi connectivity index (χ2n) is 7.30. The maximum atomic E-state index is 12.7. The van der Waals surface area contributed by atoms with Crippen molar-refractivity contribution in [2.45, 2.75) is 31.9 Å². The first-order valence-corrected chi connectivity index (χ1v) is 9.53. The first-order chi connectivity index (χ1) is 14.6. The van der Waals surface area contributed by atoms with E-state index in [1.807, 2.05) is 31.2 Å². The van der Waals surface area contributed by atoms with Crippen LogP contribution in [0.25, 0.3) is 5.52 Å². The van der Waals surface area contributed by atoms with E-state index in [9.17, 15) is 4.79 Å². The highest BCUT2D eigenvalue weighted by molar-refractivity contribution is 5.49. The lowest BCUT2D eigenvalue weighted by Crippen LogP contribution is -2.24. The molecule has 0 saturated carbocycles. The van der Waals surface area contributed by atoms with Crippen LogP contribution >= 0.6 is 0 Å². The Morgan fingerprint density at radius 3 is 2.90 bits per heavy atom. The van der Waals surface area contributed by atoms with E-state index in [0.717, 1.165) is 23.1 Å². The van der Waals surface area contributed by atoms with E-state index >= 15 is 0 Å². The zero-order valence-corrected chi connectivity index (χ0v) is 16.2. The van der Waals surface area contributed by atoms with Gasteiger partial charge in [-0.15, -0.1) is 16.2 Å². The number of aryl methyl sites for hydroxylation is 1. The Labute approximate surface area is 171 Å². The molecule has 1 fully saturated rings. The molecule has 5 rings (SSSR count). The lowest BCUT2D eigenvalue weighted by molar-refractivity contribution is 0.110. The van der Waals surface area contributed by atoms with Crippen LogP contribution in [0, 0.1) is 19.3 Å². The lowest BCUT2D eigenvalue weighted by Gasteiger charge is -2.09. The Bertz CT molecular complexity index is 1310. The largest absolute Gasteiger partial charge is 0.373 e. The van der Waals surface area contributed by atoms with Crippen molar-refractivity contribution in [1.29, 1.82) is 0 Å². The first-order valence-electron chi connectivity index (χ1n) is 9.53. The van der Waals surface area contributed by atoms with Crippen LogP contribution in [0.4, 0.5) is 0 Å². The normalized spacial score (nSPS) is 18.7. The fraction of sp³-hybridized carbons (Fsp3) is 0.286. The van der Waals surface area contributed by atoms with E-state index in [-0.39, 0.29) is 24.1 Å². The summed E-state index contributed by atoms with van der Waals surface area (Å²) < 4.78 is 14.1. The van der Waals surface area contributed by atoms with Gasteiger partial charge < -0.3 is 9.26 Å². The molecule has 9 nitrogen and oxygen atoms in total. The van der Waals surface area contributed by atoms with E-state index in [4.69, 9.17) is 15.7 Å². The molecule has 0 aliphatic carbocycles. The number of fused-ring (bicyclic) bond motifs is 1. The minimum absolute atomic E-state index is 0.0224. The zero-order chi connectivity index (χ0) is 20.7. The molecule has 0 spiro atoms.